The van der Waals surface area contributed by atoms with Gasteiger partial charge in [-0.2, -0.15) is 0 Å². The fraction of sp³-hybridized carbons (Fsp3) is 0.115. The molecular formula is C26H21FN2O4. The lowest BCUT2D eigenvalue weighted by molar-refractivity contribution is -0.135. The number of carbonyl (C=O) groups is 2. The van der Waals surface area contributed by atoms with Crippen LogP contribution >= 0.6 is 0 Å². The van der Waals surface area contributed by atoms with Gasteiger partial charge in [-0.25, -0.2) is 4.39 Å². The van der Waals surface area contributed by atoms with E-state index in [0.717, 1.165) is 27.8 Å². The predicted octanol–water partition coefficient (Wildman–Crippen LogP) is 5.25. The largest absolute Gasteiger partial charge is 0.480 e. The van der Waals surface area contributed by atoms with E-state index in [9.17, 15) is 14.0 Å². The Kier molecular flexibility index (Phi) is 6.04. The minimum atomic E-state index is -1.21. The first kappa shape index (κ1) is 22.0. The van der Waals surface area contributed by atoms with Gasteiger partial charge in [0.25, 0.3) is 5.91 Å². The van der Waals surface area contributed by atoms with Gasteiger partial charge in [0, 0.05) is 17.2 Å². The number of carboxylic acid groups (broad SMARTS) is 1. The number of rotatable bonds is 6. The molecule has 4 aromatic rings. The Balaban J connectivity index is 1.61. The van der Waals surface area contributed by atoms with Crippen molar-refractivity contribution in [2.75, 3.05) is 6.54 Å². The average Bonchev–Trinajstić information content (AvgIpc) is 3.29. The summed E-state index contributed by atoms with van der Waals surface area (Å²) in [5.74, 6) is -2.24. The molecule has 0 aliphatic rings. The molecule has 166 valence electrons. The molecule has 4 rings (SSSR count). The van der Waals surface area contributed by atoms with Gasteiger partial charge < -0.3 is 14.9 Å². The number of hydrogen-bond donors (Lipinski definition) is 2. The topological polar surface area (TPSA) is 92.4 Å². The molecule has 0 bridgehead atoms. The summed E-state index contributed by atoms with van der Waals surface area (Å²) in [6, 6.07) is 19.9. The van der Waals surface area contributed by atoms with Gasteiger partial charge in [0.15, 0.2) is 5.76 Å². The van der Waals surface area contributed by atoms with Crippen LogP contribution in [0.1, 0.15) is 21.5 Å². The van der Waals surface area contributed by atoms with E-state index in [1.807, 2.05) is 37.3 Å². The Morgan fingerprint density at radius 3 is 2.33 bits per heavy atom. The van der Waals surface area contributed by atoms with Crippen LogP contribution in [0.5, 0.6) is 0 Å². The van der Waals surface area contributed by atoms with Crippen molar-refractivity contribution >= 4 is 11.9 Å². The van der Waals surface area contributed by atoms with Crippen molar-refractivity contribution < 1.29 is 23.6 Å². The Morgan fingerprint density at radius 1 is 0.939 bits per heavy atom. The Labute approximate surface area is 189 Å². The van der Waals surface area contributed by atoms with Crippen LogP contribution in [0.4, 0.5) is 4.39 Å². The van der Waals surface area contributed by atoms with Gasteiger partial charge in [-0.15, -0.1) is 0 Å². The molecule has 1 amide bonds. The van der Waals surface area contributed by atoms with E-state index in [2.05, 4.69) is 29.5 Å². The number of nitrogens with one attached hydrogen (secondary N) is 1. The van der Waals surface area contributed by atoms with E-state index in [0.29, 0.717) is 17.0 Å². The van der Waals surface area contributed by atoms with Crippen LogP contribution < -0.4 is 5.32 Å². The summed E-state index contributed by atoms with van der Waals surface area (Å²) < 4.78 is 20.0. The second-order valence-electron chi connectivity index (χ2n) is 7.62. The monoisotopic (exact) mass is 444 g/mol. The van der Waals surface area contributed by atoms with E-state index in [1.54, 1.807) is 6.07 Å². The van der Waals surface area contributed by atoms with Crippen molar-refractivity contribution in [2.45, 2.75) is 13.8 Å². The summed E-state index contributed by atoms with van der Waals surface area (Å²) >= 11 is 0. The SMILES string of the molecule is Cc1c(-c2ccccc2)ccc(-c2cc(-c3ccc(C(=O)NCC(=O)O)c(F)c3)no2)c1C. The first-order chi connectivity index (χ1) is 15.8. The van der Waals surface area contributed by atoms with Gasteiger partial charge in [0.2, 0.25) is 0 Å². The molecule has 1 heterocycles. The minimum absolute atomic E-state index is 0.244. The maximum atomic E-state index is 14.5. The first-order valence-corrected chi connectivity index (χ1v) is 10.3. The molecule has 0 radical (unpaired) electrons. The molecule has 7 heteroatoms. The summed E-state index contributed by atoms with van der Waals surface area (Å²) in [7, 11) is 0. The molecule has 0 aliphatic heterocycles. The molecule has 6 nitrogen and oxygen atoms in total. The molecule has 0 saturated carbocycles. The second kappa shape index (κ2) is 9.08. The highest BCUT2D eigenvalue weighted by Gasteiger charge is 2.17. The number of aliphatic carboxylic acids is 1. The van der Waals surface area contributed by atoms with Crippen LogP contribution in [-0.2, 0) is 4.79 Å². The smallest absolute Gasteiger partial charge is 0.322 e. The molecule has 3 aromatic carbocycles. The first-order valence-electron chi connectivity index (χ1n) is 10.3. The number of benzene rings is 3. The van der Waals surface area contributed by atoms with Crippen molar-refractivity contribution in [3.8, 4) is 33.7 Å². The Morgan fingerprint density at radius 2 is 1.64 bits per heavy atom. The Hall–Kier alpha value is -4.26. The predicted molar refractivity (Wildman–Crippen MR) is 122 cm³/mol. The summed E-state index contributed by atoms with van der Waals surface area (Å²) in [6.45, 7) is 3.49. The third-order valence-corrected chi connectivity index (χ3v) is 5.56. The molecule has 1 aromatic heterocycles. The zero-order valence-corrected chi connectivity index (χ0v) is 18.1. The fourth-order valence-electron chi connectivity index (χ4n) is 3.67. The van der Waals surface area contributed by atoms with Crippen molar-refractivity contribution in [1.29, 1.82) is 0 Å². The molecule has 0 aliphatic carbocycles. The van der Waals surface area contributed by atoms with Crippen molar-refractivity contribution in [2.24, 2.45) is 0 Å². The van der Waals surface area contributed by atoms with Crippen LogP contribution in [0.3, 0.4) is 0 Å². The van der Waals surface area contributed by atoms with Gasteiger partial charge in [-0.1, -0.05) is 53.7 Å². The third-order valence-electron chi connectivity index (χ3n) is 5.56. The third kappa shape index (κ3) is 4.52. The molecule has 0 atom stereocenters. The van der Waals surface area contributed by atoms with E-state index in [4.69, 9.17) is 9.63 Å². The molecular weight excluding hydrogens is 423 g/mol. The van der Waals surface area contributed by atoms with Crippen molar-refractivity contribution in [1.82, 2.24) is 10.5 Å². The van der Waals surface area contributed by atoms with Crippen LogP contribution in [0, 0.1) is 19.7 Å². The second-order valence-corrected chi connectivity index (χ2v) is 7.62. The number of aromatic nitrogens is 1. The number of carboxylic acids is 1. The van der Waals surface area contributed by atoms with Gasteiger partial charge in [0.05, 0.1) is 5.56 Å². The van der Waals surface area contributed by atoms with Gasteiger partial charge in [-0.3, -0.25) is 9.59 Å². The van der Waals surface area contributed by atoms with Gasteiger partial charge in [0.1, 0.15) is 18.1 Å². The van der Waals surface area contributed by atoms with Gasteiger partial charge >= 0.3 is 5.97 Å². The molecule has 2 N–H and O–H groups in total. The van der Waals surface area contributed by atoms with Crippen LogP contribution in [0.25, 0.3) is 33.7 Å². The molecule has 0 saturated heterocycles. The lowest BCUT2D eigenvalue weighted by Gasteiger charge is -2.12. The number of nitrogens with zero attached hydrogens (tertiary/aromatic N) is 1. The summed E-state index contributed by atoms with van der Waals surface area (Å²) in [5.41, 5.74) is 5.94. The summed E-state index contributed by atoms with van der Waals surface area (Å²) in [6.07, 6.45) is 0. The maximum absolute atomic E-state index is 14.5. The quantitative estimate of drug-likeness (QED) is 0.424. The molecule has 33 heavy (non-hydrogen) atoms. The van der Waals surface area contributed by atoms with Crippen LogP contribution in [-0.4, -0.2) is 28.7 Å². The van der Waals surface area contributed by atoms with E-state index < -0.39 is 24.2 Å². The zero-order chi connectivity index (χ0) is 23.5. The van der Waals surface area contributed by atoms with E-state index >= 15 is 0 Å². The maximum Gasteiger partial charge on any atom is 0.322 e. The van der Waals surface area contributed by atoms with Crippen molar-refractivity contribution in [3.05, 3.63) is 89.2 Å². The standard InChI is InChI=1S/C26H21FN2O4/c1-15-16(2)20(11-10-19(15)17-6-4-3-5-7-17)24-13-23(29-33-24)18-8-9-21(22(27)12-18)26(32)28-14-25(30)31/h3-13H,14H2,1-2H3,(H,28,32)(H,30,31). The molecule has 0 unspecified atom stereocenters. The highest BCUT2D eigenvalue weighted by atomic mass is 19.1. The summed E-state index contributed by atoms with van der Waals surface area (Å²) in [4.78, 5) is 22.5. The zero-order valence-electron chi connectivity index (χ0n) is 18.1. The van der Waals surface area contributed by atoms with Crippen LogP contribution in [0.2, 0.25) is 0 Å². The number of carbonyl (C=O) groups excluding carboxylic acids is 1. The van der Waals surface area contributed by atoms with Crippen LogP contribution in [0.15, 0.2) is 71.3 Å². The molecule has 0 fully saturated rings. The lowest BCUT2D eigenvalue weighted by Crippen LogP contribution is -2.29. The van der Waals surface area contributed by atoms with Crippen molar-refractivity contribution in [3.63, 3.8) is 0 Å². The van der Waals surface area contributed by atoms with E-state index in [-0.39, 0.29) is 5.56 Å². The number of halogens is 1. The average molecular weight is 444 g/mol. The Bertz CT molecular complexity index is 1350. The lowest BCUT2D eigenvalue weighted by atomic mass is 9.92. The fourth-order valence-corrected chi connectivity index (χ4v) is 3.67. The number of amides is 1. The normalized spacial score (nSPS) is 10.8. The minimum Gasteiger partial charge on any atom is -0.480 e. The van der Waals surface area contributed by atoms with E-state index in [1.165, 1.54) is 18.2 Å². The number of hydrogen-bond acceptors (Lipinski definition) is 4. The highest BCUT2D eigenvalue weighted by Crippen LogP contribution is 2.34. The summed E-state index contributed by atoms with van der Waals surface area (Å²) in [5, 5.41) is 14.9. The molecule has 0 spiro atoms. The van der Waals surface area contributed by atoms with Gasteiger partial charge in [-0.05, 0) is 48.2 Å². The highest BCUT2D eigenvalue weighted by molar-refractivity contribution is 5.96.